The Morgan fingerprint density at radius 1 is 1.50 bits per heavy atom. The summed E-state index contributed by atoms with van der Waals surface area (Å²) in [4.78, 5) is 22.0. The Morgan fingerprint density at radius 2 is 2.25 bits per heavy atom. The number of carbonyl (C=O) groups is 1. The van der Waals surface area contributed by atoms with Crippen LogP contribution in [0.25, 0.3) is 0 Å². The van der Waals surface area contributed by atoms with Gasteiger partial charge in [0.05, 0.1) is 4.92 Å². The molecule has 1 aromatic carbocycles. The average Bonchev–Trinajstić information content (AvgIpc) is 2.45. The molecule has 1 amide bonds. The van der Waals surface area contributed by atoms with Crippen LogP contribution in [0, 0.1) is 10.1 Å². The first-order valence-electron chi connectivity index (χ1n) is 6.70. The Kier molecular flexibility index (Phi) is 6.66. The number of nitrogens with zero attached hydrogens (tertiary/aromatic N) is 1. The highest BCUT2D eigenvalue weighted by Gasteiger charge is 2.11. The third-order valence-electron chi connectivity index (χ3n) is 3.10. The topological polar surface area (TPSA) is 92.5 Å². The molecule has 1 rings (SSSR count). The molecule has 0 aromatic heterocycles. The van der Waals surface area contributed by atoms with E-state index in [0.717, 1.165) is 12.0 Å². The van der Waals surface area contributed by atoms with Gasteiger partial charge in [-0.25, -0.2) is 0 Å². The molecule has 0 aliphatic rings. The number of amides is 1. The van der Waals surface area contributed by atoms with Crippen LogP contribution in [0.2, 0.25) is 0 Å². The highest BCUT2D eigenvalue weighted by molar-refractivity contribution is 5.76. The molecule has 0 saturated heterocycles. The standard InChI is InChI=1S/C14H20N2O4/c1-2-12(8-9-17)15-14(18)7-6-11-4-3-5-13(10-11)16(19)20/h3-5,10,12,17H,2,6-9H2,1H3,(H,15,18). The molecule has 0 spiro atoms. The van der Waals surface area contributed by atoms with E-state index < -0.39 is 4.92 Å². The fourth-order valence-electron chi connectivity index (χ4n) is 1.92. The Balaban J connectivity index is 2.48. The van der Waals surface area contributed by atoms with Crippen molar-refractivity contribution in [2.24, 2.45) is 0 Å². The number of carbonyl (C=O) groups excluding carboxylic acids is 1. The second-order valence-corrected chi connectivity index (χ2v) is 4.61. The Labute approximate surface area is 118 Å². The number of nitro groups is 1. The van der Waals surface area contributed by atoms with Gasteiger partial charge in [-0.1, -0.05) is 19.1 Å². The van der Waals surface area contributed by atoms with Gasteiger partial charge in [0.15, 0.2) is 0 Å². The normalized spacial score (nSPS) is 11.9. The van der Waals surface area contributed by atoms with Gasteiger partial charge in [-0.2, -0.15) is 0 Å². The lowest BCUT2D eigenvalue weighted by Gasteiger charge is -2.15. The van der Waals surface area contributed by atoms with Crippen molar-refractivity contribution in [3.8, 4) is 0 Å². The number of rotatable bonds is 8. The molecule has 0 radical (unpaired) electrons. The highest BCUT2D eigenvalue weighted by Crippen LogP contribution is 2.14. The van der Waals surface area contributed by atoms with E-state index in [-0.39, 0.29) is 30.7 Å². The van der Waals surface area contributed by atoms with Crippen molar-refractivity contribution in [2.75, 3.05) is 6.61 Å². The Morgan fingerprint density at radius 3 is 2.85 bits per heavy atom. The fourth-order valence-corrected chi connectivity index (χ4v) is 1.92. The summed E-state index contributed by atoms with van der Waals surface area (Å²) >= 11 is 0. The molecule has 6 heteroatoms. The lowest BCUT2D eigenvalue weighted by atomic mass is 10.1. The molecule has 0 saturated carbocycles. The van der Waals surface area contributed by atoms with Gasteiger partial charge >= 0.3 is 0 Å². The van der Waals surface area contributed by atoms with Gasteiger partial charge in [0.2, 0.25) is 5.91 Å². The van der Waals surface area contributed by atoms with E-state index in [2.05, 4.69) is 5.32 Å². The number of hydrogen-bond donors (Lipinski definition) is 2. The minimum atomic E-state index is -0.446. The highest BCUT2D eigenvalue weighted by atomic mass is 16.6. The number of non-ortho nitro benzene ring substituents is 1. The van der Waals surface area contributed by atoms with Crippen molar-refractivity contribution in [1.29, 1.82) is 0 Å². The number of nitrogens with one attached hydrogen (secondary N) is 1. The van der Waals surface area contributed by atoms with E-state index in [1.807, 2.05) is 6.92 Å². The number of aliphatic hydroxyl groups is 1. The summed E-state index contributed by atoms with van der Waals surface area (Å²) in [5.41, 5.74) is 0.805. The molecule has 110 valence electrons. The van der Waals surface area contributed by atoms with Crippen LogP contribution in [0.1, 0.15) is 31.7 Å². The first kappa shape index (κ1) is 16.1. The predicted molar refractivity (Wildman–Crippen MR) is 75.3 cm³/mol. The molecule has 0 heterocycles. The van der Waals surface area contributed by atoms with E-state index in [9.17, 15) is 14.9 Å². The van der Waals surface area contributed by atoms with Crippen LogP contribution in [0.15, 0.2) is 24.3 Å². The van der Waals surface area contributed by atoms with Gasteiger partial charge in [0.1, 0.15) is 0 Å². The summed E-state index contributed by atoms with van der Waals surface area (Å²) in [6.07, 6.45) is 2.05. The zero-order valence-corrected chi connectivity index (χ0v) is 11.5. The first-order chi connectivity index (χ1) is 9.56. The lowest BCUT2D eigenvalue weighted by molar-refractivity contribution is -0.384. The quantitative estimate of drug-likeness (QED) is 0.561. The third-order valence-corrected chi connectivity index (χ3v) is 3.10. The summed E-state index contributed by atoms with van der Waals surface area (Å²) in [5, 5.41) is 22.3. The Hall–Kier alpha value is -1.95. The van der Waals surface area contributed by atoms with Crippen LogP contribution in [0.3, 0.4) is 0 Å². The summed E-state index contributed by atoms with van der Waals surface area (Å²) in [7, 11) is 0. The summed E-state index contributed by atoms with van der Waals surface area (Å²) in [6.45, 7) is 1.99. The van der Waals surface area contributed by atoms with Crippen molar-refractivity contribution < 1.29 is 14.8 Å². The zero-order chi connectivity index (χ0) is 15.0. The Bertz CT molecular complexity index is 462. The predicted octanol–water partition coefficient (Wildman–Crippen LogP) is 1.80. The van der Waals surface area contributed by atoms with Gasteiger partial charge < -0.3 is 10.4 Å². The van der Waals surface area contributed by atoms with E-state index >= 15 is 0 Å². The van der Waals surface area contributed by atoms with Crippen LogP contribution in [0.4, 0.5) is 5.69 Å². The summed E-state index contributed by atoms with van der Waals surface area (Å²) in [6, 6.07) is 6.28. The number of aryl methyl sites for hydroxylation is 1. The minimum Gasteiger partial charge on any atom is -0.396 e. The third kappa shape index (κ3) is 5.36. The lowest BCUT2D eigenvalue weighted by Crippen LogP contribution is -2.35. The van der Waals surface area contributed by atoms with Gasteiger partial charge in [0.25, 0.3) is 5.69 Å². The molecule has 0 aliphatic heterocycles. The number of nitro benzene ring substituents is 1. The van der Waals surface area contributed by atoms with Crippen molar-refractivity contribution in [3.05, 3.63) is 39.9 Å². The smallest absolute Gasteiger partial charge is 0.269 e. The first-order valence-corrected chi connectivity index (χ1v) is 6.70. The molecular weight excluding hydrogens is 260 g/mol. The molecule has 20 heavy (non-hydrogen) atoms. The number of aliphatic hydroxyl groups excluding tert-OH is 1. The van der Waals surface area contributed by atoms with Gasteiger partial charge in [-0.15, -0.1) is 0 Å². The monoisotopic (exact) mass is 280 g/mol. The van der Waals surface area contributed by atoms with Crippen molar-refractivity contribution in [3.63, 3.8) is 0 Å². The van der Waals surface area contributed by atoms with Gasteiger partial charge in [0, 0.05) is 31.2 Å². The SMILES string of the molecule is CCC(CCO)NC(=O)CCc1cccc([N+](=O)[O-])c1. The van der Waals surface area contributed by atoms with Crippen LogP contribution in [0.5, 0.6) is 0 Å². The maximum absolute atomic E-state index is 11.8. The van der Waals surface area contributed by atoms with Gasteiger partial charge in [-0.05, 0) is 24.8 Å². The second kappa shape index (κ2) is 8.27. The number of benzene rings is 1. The van der Waals surface area contributed by atoms with Crippen LogP contribution in [-0.2, 0) is 11.2 Å². The summed E-state index contributed by atoms with van der Waals surface area (Å²) < 4.78 is 0. The van der Waals surface area contributed by atoms with E-state index in [4.69, 9.17) is 5.11 Å². The van der Waals surface area contributed by atoms with E-state index in [1.165, 1.54) is 12.1 Å². The molecule has 0 fully saturated rings. The molecule has 0 bridgehead atoms. The van der Waals surface area contributed by atoms with Crippen molar-refractivity contribution >= 4 is 11.6 Å². The maximum Gasteiger partial charge on any atom is 0.269 e. The van der Waals surface area contributed by atoms with Crippen molar-refractivity contribution in [2.45, 2.75) is 38.6 Å². The minimum absolute atomic E-state index is 0.0161. The number of hydrogen-bond acceptors (Lipinski definition) is 4. The van der Waals surface area contributed by atoms with Crippen LogP contribution >= 0.6 is 0 Å². The molecule has 2 N–H and O–H groups in total. The maximum atomic E-state index is 11.8. The largest absolute Gasteiger partial charge is 0.396 e. The van der Waals surface area contributed by atoms with Crippen LogP contribution < -0.4 is 5.32 Å². The molecule has 6 nitrogen and oxygen atoms in total. The van der Waals surface area contributed by atoms with E-state index in [0.29, 0.717) is 12.8 Å². The molecule has 1 aromatic rings. The van der Waals surface area contributed by atoms with Gasteiger partial charge in [-0.3, -0.25) is 14.9 Å². The second-order valence-electron chi connectivity index (χ2n) is 4.61. The van der Waals surface area contributed by atoms with Crippen molar-refractivity contribution in [1.82, 2.24) is 5.32 Å². The molecular formula is C14H20N2O4. The van der Waals surface area contributed by atoms with E-state index in [1.54, 1.807) is 12.1 Å². The molecule has 1 atom stereocenters. The van der Waals surface area contributed by atoms with Crippen LogP contribution in [-0.4, -0.2) is 28.6 Å². The molecule has 0 aliphatic carbocycles. The fraction of sp³-hybridized carbons (Fsp3) is 0.500. The average molecular weight is 280 g/mol. The summed E-state index contributed by atoms with van der Waals surface area (Å²) in [5.74, 6) is -0.100. The zero-order valence-electron chi connectivity index (χ0n) is 11.5. The molecule has 1 unspecified atom stereocenters.